The van der Waals surface area contributed by atoms with Gasteiger partial charge in [0.1, 0.15) is 5.75 Å². The first kappa shape index (κ1) is 25.9. The third-order valence-corrected chi connectivity index (χ3v) is 6.35. The summed E-state index contributed by atoms with van der Waals surface area (Å²) in [6.45, 7) is 10.5. The Labute approximate surface area is 205 Å². The molecule has 0 fully saturated rings. The van der Waals surface area contributed by atoms with Crippen LogP contribution in [0.3, 0.4) is 0 Å². The van der Waals surface area contributed by atoms with Crippen molar-refractivity contribution in [1.82, 2.24) is 9.80 Å². The van der Waals surface area contributed by atoms with Crippen LogP contribution in [0, 0.1) is 0 Å². The summed E-state index contributed by atoms with van der Waals surface area (Å²) in [5.74, 6) is -1.26. The minimum Gasteiger partial charge on any atom is -0.421 e. The molecule has 8 heteroatoms. The molecule has 1 aliphatic rings. The number of hydrogen-bond acceptors (Lipinski definition) is 6. The summed E-state index contributed by atoms with van der Waals surface area (Å²) in [7, 11) is 1.51. The van der Waals surface area contributed by atoms with Crippen LogP contribution in [0.5, 0.6) is 5.75 Å². The fraction of sp³-hybridized carbons (Fsp3) is 0.407. The molecule has 0 aliphatic heterocycles. The molecule has 1 aliphatic carbocycles. The number of ketones is 2. The van der Waals surface area contributed by atoms with E-state index in [0.29, 0.717) is 19.6 Å². The highest BCUT2D eigenvalue weighted by atomic mass is 16.6. The molecule has 0 radical (unpaired) electrons. The lowest BCUT2D eigenvalue weighted by Gasteiger charge is -2.30. The lowest BCUT2D eigenvalue weighted by molar-refractivity contribution is 0.00811. The van der Waals surface area contributed by atoms with Gasteiger partial charge in [0.2, 0.25) is 11.6 Å². The van der Waals surface area contributed by atoms with Crippen LogP contribution in [0.1, 0.15) is 72.4 Å². The van der Waals surface area contributed by atoms with Crippen molar-refractivity contribution in [3.8, 4) is 5.75 Å². The van der Waals surface area contributed by atoms with Crippen molar-refractivity contribution in [2.45, 2.75) is 46.1 Å². The number of nitrogens with zero attached hydrogens (tertiary/aromatic N) is 2. The van der Waals surface area contributed by atoms with E-state index < -0.39 is 29.4 Å². The average Bonchev–Trinajstić information content (AvgIpc) is 3.06. The zero-order valence-electron chi connectivity index (χ0n) is 21.1. The SMILES string of the molecule is CCN(C)C(=O)OC1(c2ccc(C(C)C)cc2OC(=O)N(CC)CC)C(=O)c2ccccc2C1=O. The molecule has 0 N–H and O–H groups in total. The predicted octanol–water partition coefficient (Wildman–Crippen LogP) is 5.01. The van der Waals surface area contributed by atoms with Crippen molar-refractivity contribution in [2.75, 3.05) is 26.7 Å². The highest BCUT2D eigenvalue weighted by Crippen LogP contribution is 2.45. The summed E-state index contributed by atoms with van der Waals surface area (Å²) in [6.07, 6.45) is -1.46. The van der Waals surface area contributed by atoms with Gasteiger partial charge in [-0.15, -0.1) is 0 Å². The maximum Gasteiger partial charge on any atom is 0.415 e. The van der Waals surface area contributed by atoms with Gasteiger partial charge in [-0.1, -0.05) is 44.2 Å². The third kappa shape index (κ3) is 4.52. The highest BCUT2D eigenvalue weighted by Gasteiger charge is 2.59. The third-order valence-electron chi connectivity index (χ3n) is 6.35. The standard InChI is InChI=1S/C27H32N2O6/c1-7-28(6)25(32)35-27(23(30)19-12-10-11-13-20(19)24(27)31)21-15-14-18(17(4)5)16-22(21)34-26(33)29(8-2)9-3/h10-17H,7-9H2,1-6H3. The summed E-state index contributed by atoms with van der Waals surface area (Å²) in [5, 5.41) is 0. The Kier molecular flexibility index (Phi) is 7.63. The molecule has 2 aromatic carbocycles. The molecule has 0 bridgehead atoms. The molecule has 186 valence electrons. The maximum atomic E-state index is 13.8. The molecular weight excluding hydrogens is 448 g/mol. The van der Waals surface area contributed by atoms with E-state index in [9.17, 15) is 19.2 Å². The Morgan fingerprint density at radius 3 is 1.94 bits per heavy atom. The number of hydrogen-bond donors (Lipinski definition) is 0. The quantitative estimate of drug-likeness (QED) is 0.517. The second-order valence-electron chi connectivity index (χ2n) is 8.72. The topological polar surface area (TPSA) is 93.2 Å². The number of carbonyl (C=O) groups excluding carboxylic acids is 4. The van der Waals surface area contributed by atoms with Crippen LogP contribution in [0.4, 0.5) is 9.59 Å². The molecule has 35 heavy (non-hydrogen) atoms. The number of carbonyl (C=O) groups is 4. The van der Waals surface area contributed by atoms with Crippen molar-refractivity contribution >= 4 is 23.8 Å². The molecule has 0 atom stereocenters. The van der Waals surface area contributed by atoms with E-state index in [2.05, 4.69) is 0 Å². The van der Waals surface area contributed by atoms with E-state index in [-0.39, 0.29) is 28.4 Å². The number of Topliss-reactive ketones (excluding diaryl/α,β-unsaturated/α-hetero) is 2. The predicted molar refractivity (Wildman–Crippen MR) is 131 cm³/mol. The molecule has 2 amide bonds. The normalized spacial score (nSPS) is 14.0. The second-order valence-corrected chi connectivity index (χ2v) is 8.72. The van der Waals surface area contributed by atoms with Crippen LogP contribution >= 0.6 is 0 Å². The van der Waals surface area contributed by atoms with E-state index in [1.807, 2.05) is 27.7 Å². The summed E-state index contributed by atoms with van der Waals surface area (Å²) in [6, 6.07) is 11.3. The molecule has 0 saturated heterocycles. The van der Waals surface area contributed by atoms with Crippen LogP contribution in [-0.2, 0) is 10.3 Å². The van der Waals surface area contributed by atoms with Crippen molar-refractivity contribution in [1.29, 1.82) is 0 Å². The second kappa shape index (κ2) is 10.3. The van der Waals surface area contributed by atoms with Gasteiger partial charge in [0.15, 0.2) is 0 Å². The highest BCUT2D eigenvalue weighted by molar-refractivity contribution is 6.32. The fourth-order valence-electron chi connectivity index (χ4n) is 4.01. The number of rotatable bonds is 7. The molecule has 0 aromatic heterocycles. The fourth-order valence-corrected chi connectivity index (χ4v) is 4.01. The van der Waals surface area contributed by atoms with Crippen LogP contribution < -0.4 is 4.74 Å². The molecule has 0 unspecified atom stereocenters. The van der Waals surface area contributed by atoms with Gasteiger partial charge in [0.05, 0.1) is 5.56 Å². The maximum absolute atomic E-state index is 13.8. The summed E-state index contributed by atoms with van der Waals surface area (Å²) < 4.78 is 11.5. The zero-order chi connectivity index (χ0) is 25.9. The molecule has 2 aromatic rings. The van der Waals surface area contributed by atoms with Gasteiger partial charge in [-0.3, -0.25) is 9.59 Å². The summed E-state index contributed by atoms with van der Waals surface area (Å²) in [5.41, 5.74) is -1.15. The summed E-state index contributed by atoms with van der Waals surface area (Å²) in [4.78, 5) is 56.2. The Balaban J connectivity index is 2.26. The zero-order valence-corrected chi connectivity index (χ0v) is 21.1. The minimum atomic E-state index is -2.31. The Morgan fingerprint density at radius 2 is 1.46 bits per heavy atom. The van der Waals surface area contributed by atoms with E-state index in [1.165, 1.54) is 29.0 Å². The van der Waals surface area contributed by atoms with Gasteiger partial charge in [-0.25, -0.2) is 9.59 Å². The van der Waals surface area contributed by atoms with Crippen molar-refractivity contribution in [3.05, 3.63) is 64.7 Å². The number of benzene rings is 2. The Hall–Kier alpha value is -3.68. The molecule has 0 spiro atoms. The van der Waals surface area contributed by atoms with Gasteiger partial charge in [0, 0.05) is 37.8 Å². The molecule has 3 rings (SSSR count). The van der Waals surface area contributed by atoms with Crippen LogP contribution in [0.25, 0.3) is 0 Å². The van der Waals surface area contributed by atoms with Gasteiger partial charge in [0.25, 0.3) is 5.60 Å². The van der Waals surface area contributed by atoms with Crippen LogP contribution in [0.2, 0.25) is 0 Å². The van der Waals surface area contributed by atoms with Crippen LogP contribution in [-0.4, -0.2) is 60.2 Å². The average molecular weight is 481 g/mol. The van der Waals surface area contributed by atoms with Crippen molar-refractivity contribution in [3.63, 3.8) is 0 Å². The Bertz CT molecular complexity index is 1120. The minimum absolute atomic E-state index is 0.00885. The lowest BCUT2D eigenvalue weighted by atomic mass is 9.86. The van der Waals surface area contributed by atoms with E-state index in [1.54, 1.807) is 37.3 Å². The largest absolute Gasteiger partial charge is 0.421 e. The van der Waals surface area contributed by atoms with Gasteiger partial charge in [-0.05, 0) is 44.4 Å². The van der Waals surface area contributed by atoms with Crippen molar-refractivity contribution in [2.24, 2.45) is 0 Å². The van der Waals surface area contributed by atoms with E-state index in [4.69, 9.17) is 9.47 Å². The number of ether oxygens (including phenoxy) is 2. The molecule has 0 saturated carbocycles. The van der Waals surface area contributed by atoms with E-state index >= 15 is 0 Å². The number of fused-ring (bicyclic) bond motifs is 1. The van der Waals surface area contributed by atoms with Gasteiger partial charge in [-0.2, -0.15) is 0 Å². The lowest BCUT2D eigenvalue weighted by Crippen LogP contribution is -2.46. The molecule has 8 nitrogen and oxygen atoms in total. The first-order valence-corrected chi connectivity index (χ1v) is 11.9. The molecule has 0 heterocycles. The first-order chi connectivity index (χ1) is 16.6. The van der Waals surface area contributed by atoms with Gasteiger partial charge < -0.3 is 19.3 Å². The van der Waals surface area contributed by atoms with Gasteiger partial charge >= 0.3 is 12.2 Å². The van der Waals surface area contributed by atoms with E-state index in [0.717, 1.165) is 5.56 Å². The smallest absolute Gasteiger partial charge is 0.415 e. The molecular formula is C27H32N2O6. The van der Waals surface area contributed by atoms with Crippen molar-refractivity contribution < 1.29 is 28.7 Å². The van der Waals surface area contributed by atoms with Crippen LogP contribution in [0.15, 0.2) is 42.5 Å². The number of amides is 2. The first-order valence-electron chi connectivity index (χ1n) is 11.9. The Morgan fingerprint density at radius 1 is 0.886 bits per heavy atom. The summed E-state index contributed by atoms with van der Waals surface area (Å²) >= 11 is 0. The monoisotopic (exact) mass is 480 g/mol.